The zero-order chi connectivity index (χ0) is 17.1. The quantitative estimate of drug-likeness (QED) is 0.848. The maximum absolute atomic E-state index is 13.0. The molecule has 0 aliphatic carbocycles. The Morgan fingerprint density at radius 1 is 1.17 bits per heavy atom. The van der Waals surface area contributed by atoms with Crippen molar-refractivity contribution in [1.82, 2.24) is 9.80 Å². The van der Waals surface area contributed by atoms with Crippen LogP contribution in [-0.2, 0) is 27.3 Å². The maximum atomic E-state index is 13.0. The first kappa shape index (κ1) is 17.0. The van der Waals surface area contributed by atoms with E-state index in [0.29, 0.717) is 13.0 Å². The van der Waals surface area contributed by atoms with Crippen LogP contribution < -0.4 is 0 Å². The molecule has 1 aromatic carbocycles. The van der Waals surface area contributed by atoms with Crippen molar-refractivity contribution in [1.29, 1.82) is 0 Å². The van der Waals surface area contributed by atoms with Crippen LogP contribution >= 0.6 is 0 Å². The molecule has 1 aromatic rings. The van der Waals surface area contributed by atoms with Gasteiger partial charge in [0, 0.05) is 26.1 Å². The first-order valence-corrected chi connectivity index (χ1v) is 8.83. The van der Waals surface area contributed by atoms with Crippen molar-refractivity contribution in [2.24, 2.45) is 0 Å². The van der Waals surface area contributed by atoms with Crippen molar-refractivity contribution in [2.45, 2.75) is 51.8 Å². The minimum atomic E-state index is -0.402. The zero-order valence-corrected chi connectivity index (χ0v) is 14.5. The van der Waals surface area contributed by atoms with Crippen LogP contribution in [0.15, 0.2) is 24.3 Å². The Balaban J connectivity index is 1.81. The van der Waals surface area contributed by atoms with Gasteiger partial charge in [-0.05, 0) is 37.8 Å². The number of ether oxygens (including phenoxy) is 1. The summed E-state index contributed by atoms with van der Waals surface area (Å²) in [5, 5.41) is 0. The Labute approximate surface area is 143 Å². The van der Waals surface area contributed by atoms with E-state index in [0.717, 1.165) is 31.5 Å². The molecular weight excluding hydrogens is 304 g/mol. The summed E-state index contributed by atoms with van der Waals surface area (Å²) in [7, 11) is 0. The summed E-state index contributed by atoms with van der Waals surface area (Å²) in [6.07, 6.45) is 2.71. The molecular formula is C19H26N2O3. The molecule has 0 N–H and O–H groups in total. The summed E-state index contributed by atoms with van der Waals surface area (Å²) in [4.78, 5) is 29.2. The van der Waals surface area contributed by atoms with E-state index < -0.39 is 6.04 Å². The summed E-state index contributed by atoms with van der Waals surface area (Å²) >= 11 is 0. The van der Waals surface area contributed by atoms with Crippen molar-refractivity contribution in [3.8, 4) is 0 Å². The number of nitrogens with zero attached hydrogens (tertiary/aromatic N) is 2. The van der Waals surface area contributed by atoms with Gasteiger partial charge in [-0.3, -0.25) is 9.59 Å². The predicted molar refractivity (Wildman–Crippen MR) is 91.4 cm³/mol. The van der Waals surface area contributed by atoms with Crippen LogP contribution in [0.3, 0.4) is 0 Å². The molecule has 0 radical (unpaired) electrons. The smallest absolute Gasteiger partial charge is 0.249 e. The van der Waals surface area contributed by atoms with Crippen molar-refractivity contribution >= 4 is 11.8 Å². The Kier molecular flexibility index (Phi) is 5.19. The van der Waals surface area contributed by atoms with Crippen molar-refractivity contribution in [3.05, 3.63) is 35.4 Å². The van der Waals surface area contributed by atoms with Gasteiger partial charge in [-0.25, -0.2) is 0 Å². The number of hydrogen-bond donors (Lipinski definition) is 0. The van der Waals surface area contributed by atoms with Gasteiger partial charge in [-0.1, -0.05) is 24.3 Å². The van der Waals surface area contributed by atoms with Gasteiger partial charge in [0.25, 0.3) is 0 Å². The van der Waals surface area contributed by atoms with Crippen LogP contribution in [0.25, 0.3) is 0 Å². The zero-order valence-electron chi connectivity index (χ0n) is 14.5. The molecule has 130 valence electrons. The molecule has 5 heteroatoms. The number of fused-ring (bicyclic) bond motifs is 1. The van der Waals surface area contributed by atoms with Gasteiger partial charge < -0.3 is 14.5 Å². The lowest BCUT2D eigenvalue weighted by Crippen LogP contribution is -2.54. The number of likely N-dealkylation sites (tertiary alicyclic amines) is 1. The second-order valence-electron chi connectivity index (χ2n) is 6.90. The molecule has 1 atom stereocenters. The van der Waals surface area contributed by atoms with Gasteiger partial charge in [-0.15, -0.1) is 0 Å². The van der Waals surface area contributed by atoms with Crippen LogP contribution in [-0.4, -0.2) is 53.5 Å². The monoisotopic (exact) mass is 330 g/mol. The van der Waals surface area contributed by atoms with Gasteiger partial charge in [0.15, 0.2) is 0 Å². The van der Waals surface area contributed by atoms with Crippen molar-refractivity contribution < 1.29 is 14.3 Å². The Morgan fingerprint density at radius 2 is 1.83 bits per heavy atom. The topological polar surface area (TPSA) is 49.9 Å². The molecule has 2 amide bonds. The van der Waals surface area contributed by atoms with Crippen molar-refractivity contribution in [3.63, 3.8) is 0 Å². The first-order chi connectivity index (χ1) is 11.6. The lowest BCUT2D eigenvalue weighted by Gasteiger charge is -2.38. The van der Waals surface area contributed by atoms with E-state index in [1.165, 1.54) is 5.56 Å². The fourth-order valence-corrected chi connectivity index (χ4v) is 3.47. The molecule has 1 saturated heterocycles. The maximum Gasteiger partial charge on any atom is 0.249 e. The molecule has 5 nitrogen and oxygen atoms in total. The number of carbonyl (C=O) groups excluding carboxylic acids is 2. The van der Waals surface area contributed by atoms with Crippen LogP contribution in [0.2, 0.25) is 0 Å². The minimum Gasteiger partial charge on any atom is -0.369 e. The van der Waals surface area contributed by atoms with Gasteiger partial charge in [0.05, 0.1) is 6.10 Å². The van der Waals surface area contributed by atoms with Crippen LogP contribution in [0.5, 0.6) is 0 Å². The number of hydrogen-bond acceptors (Lipinski definition) is 3. The highest BCUT2D eigenvalue weighted by molar-refractivity contribution is 5.89. The normalized spacial score (nSPS) is 20.4. The largest absolute Gasteiger partial charge is 0.369 e. The molecule has 1 fully saturated rings. The van der Waals surface area contributed by atoms with Gasteiger partial charge >= 0.3 is 0 Å². The average Bonchev–Trinajstić information content (AvgIpc) is 3.12. The number of rotatable bonds is 4. The third-order valence-electron chi connectivity index (χ3n) is 4.81. The van der Waals surface area contributed by atoms with Crippen molar-refractivity contribution in [2.75, 3.05) is 19.7 Å². The first-order valence-electron chi connectivity index (χ1n) is 8.83. The molecule has 2 heterocycles. The third-order valence-corrected chi connectivity index (χ3v) is 4.81. The van der Waals surface area contributed by atoms with Gasteiger partial charge in [0.2, 0.25) is 11.8 Å². The number of carbonyl (C=O) groups is 2. The predicted octanol–water partition coefficient (Wildman–Crippen LogP) is 1.99. The Hall–Kier alpha value is -1.88. The van der Waals surface area contributed by atoms with E-state index in [9.17, 15) is 9.59 Å². The summed E-state index contributed by atoms with van der Waals surface area (Å²) in [5.74, 6) is -0.0179. The Bertz CT molecular complexity index is 608. The minimum absolute atomic E-state index is 0.00115. The standard InChI is InChI=1S/C19H26N2O3/c1-14(2)24-13-18(22)21-12-16-8-4-3-7-15(16)11-17(21)19(23)20-9-5-6-10-20/h3-4,7-8,14,17H,5-6,9-13H2,1-2H3/t17-/m0/s1. The SMILES string of the molecule is CC(C)OCC(=O)N1Cc2ccccc2C[C@H]1C(=O)N1CCCC1. The molecule has 0 bridgehead atoms. The fraction of sp³-hybridized carbons (Fsp3) is 0.579. The molecule has 0 saturated carbocycles. The summed E-state index contributed by atoms with van der Waals surface area (Å²) < 4.78 is 5.48. The molecule has 3 rings (SSSR count). The highest BCUT2D eigenvalue weighted by atomic mass is 16.5. The third kappa shape index (κ3) is 3.61. The molecule has 0 aromatic heterocycles. The average molecular weight is 330 g/mol. The lowest BCUT2D eigenvalue weighted by atomic mass is 9.93. The molecule has 2 aliphatic rings. The highest BCUT2D eigenvalue weighted by Gasteiger charge is 2.37. The molecule has 2 aliphatic heterocycles. The lowest BCUT2D eigenvalue weighted by molar-refractivity contribution is -0.150. The summed E-state index contributed by atoms with van der Waals surface area (Å²) in [6, 6.07) is 7.67. The highest BCUT2D eigenvalue weighted by Crippen LogP contribution is 2.25. The fourth-order valence-electron chi connectivity index (χ4n) is 3.47. The molecule has 0 spiro atoms. The number of benzene rings is 1. The van der Waals surface area contributed by atoms with E-state index in [4.69, 9.17) is 4.74 Å². The van der Waals surface area contributed by atoms with Crippen LogP contribution in [0.4, 0.5) is 0 Å². The molecule has 24 heavy (non-hydrogen) atoms. The second-order valence-corrected chi connectivity index (χ2v) is 6.90. The van der Waals surface area contributed by atoms with Crippen LogP contribution in [0.1, 0.15) is 37.8 Å². The second kappa shape index (κ2) is 7.34. The summed E-state index contributed by atoms with van der Waals surface area (Å²) in [5.41, 5.74) is 2.30. The van der Waals surface area contributed by atoms with Crippen LogP contribution in [0, 0.1) is 0 Å². The molecule has 0 unspecified atom stereocenters. The number of amides is 2. The van der Waals surface area contributed by atoms with E-state index in [2.05, 4.69) is 6.07 Å². The Morgan fingerprint density at radius 3 is 2.50 bits per heavy atom. The van der Waals surface area contributed by atoms with Gasteiger partial charge in [0.1, 0.15) is 12.6 Å². The van der Waals surface area contributed by atoms with E-state index in [-0.39, 0.29) is 24.5 Å². The van der Waals surface area contributed by atoms with E-state index in [1.807, 2.05) is 36.9 Å². The van der Waals surface area contributed by atoms with Gasteiger partial charge in [-0.2, -0.15) is 0 Å². The van der Waals surface area contributed by atoms with E-state index >= 15 is 0 Å². The summed E-state index contributed by atoms with van der Waals surface area (Å²) in [6.45, 7) is 5.95. The van der Waals surface area contributed by atoms with E-state index in [1.54, 1.807) is 4.90 Å².